The molecule has 0 unspecified atom stereocenters. The Labute approximate surface area is 109 Å². The molecule has 0 atom stereocenters. The summed E-state index contributed by atoms with van der Waals surface area (Å²) >= 11 is 0. The number of aromatic nitrogens is 1. The van der Waals surface area contributed by atoms with E-state index in [1.165, 1.54) is 32.1 Å². The number of hydrogen-bond donors (Lipinski definition) is 0. The van der Waals surface area contributed by atoms with Gasteiger partial charge in [0, 0.05) is 19.3 Å². The molecule has 1 aliphatic carbocycles. The Kier molecular flexibility index (Phi) is 4.19. The Balaban J connectivity index is 2.10. The van der Waals surface area contributed by atoms with Gasteiger partial charge in [0.05, 0.1) is 5.56 Å². The van der Waals surface area contributed by atoms with Gasteiger partial charge in [-0.3, -0.25) is 0 Å². The van der Waals surface area contributed by atoms with E-state index in [4.69, 9.17) is 5.26 Å². The molecule has 0 aliphatic heterocycles. The second-order valence-electron chi connectivity index (χ2n) is 5.32. The lowest BCUT2D eigenvalue weighted by molar-refractivity contribution is 0.361. The molecule has 3 nitrogen and oxygen atoms in total. The van der Waals surface area contributed by atoms with Crippen LogP contribution in [0.25, 0.3) is 0 Å². The minimum atomic E-state index is 0.680. The van der Waals surface area contributed by atoms with Crippen LogP contribution in [0.5, 0.6) is 0 Å². The molecule has 0 radical (unpaired) electrons. The molecule has 0 bridgehead atoms. The molecular weight excluding hydrogens is 222 g/mol. The summed E-state index contributed by atoms with van der Waals surface area (Å²) < 4.78 is 0. The highest BCUT2D eigenvalue weighted by molar-refractivity contribution is 5.53. The highest BCUT2D eigenvalue weighted by Crippen LogP contribution is 2.26. The average Bonchev–Trinajstić information content (AvgIpc) is 2.40. The molecule has 1 fully saturated rings. The largest absolute Gasteiger partial charge is 0.358 e. The van der Waals surface area contributed by atoms with Gasteiger partial charge in [-0.1, -0.05) is 19.3 Å². The van der Waals surface area contributed by atoms with Crippen LogP contribution in [-0.4, -0.2) is 18.6 Å². The normalized spacial score (nSPS) is 16.3. The number of rotatable bonds is 3. The number of pyridine rings is 1. The molecule has 0 aromatic carbocycles. The molecule has 0 saturated heterocycles. The van der Waals surface area contributed by atoms with E-state index in [0.29, 0.717) is 5.56 Å². The summed E-state index contributed by atoms with van der Waals surface area (Å²) in [6, 6.07) is 6.01. The maximum absolute atomic E-state index is 9.15. The van der Waals surface area contributed by atoms with E-state index in [1.807, 2.05) is 19.1 Å². The number of anilines is 1. The number of hydrogen-bond acceptors (Lipinski definition) is 3. The van der Waals surface area contributed by atoms with Gasteiger partial charge in [-0.2, -0.15) is 5.26 Å². The summed E-state index contributed by atoms with van der Waals surface area (Å²) in [5, 5.41) is 9.15. The average molecular weight is 243 g/mol. The first-order chi connectivity index (χ1) is 8.70. The Morgan fingerprint density at radius 2 is 2.06 bits per heavy atom. The molecule has 18 heavy (non-hydrogen) atoms. The maximum Gasteiger partial charge on any atom is 0.146 e. The number of nitrogens with zero attached hydrogens (tertiary/aromatic N) is 3. The minimum absolute atomic E-state index is 0.680. The first kappa shape index (κ1) is 12.9. The van der Waals surface area contributed by atoms with Crippen LogP contribution in [0.2, 0.25) is 0 Å². The SMILES string of the molecule is Cc1ccc(C#N)c(N(C)CC2CCCCC2)n1. The molecule has 96 valence electrons. The van der Waals surface area contributed by atoms with Crippen LogP contribution < -0.4 is 4.90 Å². The Morgan fingerprint density at radius 3 is 2.72 bits per heavy atom. The van der Waals surface area contributed by atoms with Crippen molar-refractivity contribution < 1.29 is 0 Å². The van der Waals surface area contributed by atoms with Crippen molar-refractivity contribution in [2.45, 2.75) is 39.0 Å². The molecule has 3 heteroatoms. The lowest BCUT2D eigenvalue weighted by Gasteiger charge is -2.28. The van der Waals surface area contributed by atoms with Gasteiger partial charge < -0.3 is 4.90 Å². The Bertz CT molecular complexity index is 442. The number of aryl methyl sites for hydroxylation is 1. The van der Waals surface area contributed by atoms with Crippen molar-refractivity contribution in [3.8, 4) is 6.07 Å². The molecule has 1 heterocycles. The summed E-state index contributed by atoms with van der Waals surface area (Å²) in [5.41, 5.74) is 1.65. The van der Waals surface area contributed by atoms with Gasteiger partial charge in [0.25, 0.3) is 0 Å². The maximum atomic E-state index is 9.15. The van der Waals surface area contributed by atoms with Crippen molar-refractivity contribution in [3.05, 3.63) is 23.4 Å². The molecule has 0 spiro atoms. The van der Waals surface area contributed by atoms with E-state index >= 15 is 0 Å². The van der Waals surface area contributed by atoms with E-state index in [2.05, 4.69) is 23.0 Å². The monoisotopic (exact) mass is 243 g/mol. The number of nitriles is 1. The van der Waals surface area contributed by atoms with E-state index in [9.17, 15) is 0 Å². The van der Waals surface area contributed by atoms with E-state index in [-0.39, 0.29) is 0 Å². The molecule has 1 saturated carbocycles. The fourth-order valence-corrected chi connectivity index (χ4v) is 2.76. The molecular formula is C15H21N3. The van der Waals surface area contributed by atoms with Crippen molar-refractivity contribution >= 4 is 5.82 Å². The molecule has 1 aliphatic rings. The molecule has 2 rings (SSSR count). The summed E-state index contributed by atoms with van der Waals surface area (Å²) in [6.07, 6.45) is 6.72. The fraction of sp³-hybridized carbons (Fsp3) is 0.600. The summed E-state index contributed by atoms with van der Waals surface area (Å²) in [4.78, 5) is 6.67. The zero-order chi connectivity index (χ0) is 13.0. The molecule has 1 aromatic heterocycles. The van der Waals surface area contributed by atoms with Crippen LogP contribution >= 0.6 is 0 Å². The van der Waals surface area contributed by atoms with Crippen molar-refractivity contribution in [3.63, 3.8) is 0 Å². The third kappa shape index (κ3) is 3.01. The van der Waals surface area contributed by atoms with Crippen molar-refractivity contribution in [1.82, 2.24) is 4.98 Å². The van der Waals surface area contributed by atoms with Crippen LogP contribution in [0.3, 0.4) is 0 Å². The lowest BCUT2D eigenvalue weighted by atomic mass is 9.89. The van der Waals surface area contributed by atoms with Gasteiger partial charge >= 0.3 is 0 Å². The predicted molar refractivity (Wildman–Crippen MR) is 73.5 cm³/mol. The van der Waals surface area contributed by atoms with Crippen molar-refractivity contribution in [2.24, 2.45) is 5.92 Å². The van der Waals surface area contributed by atoms with E-state index in [1.54, 1.807) is 0 Å². The van der Waals surface area contributed by atoms with Gasteiger partial charge in [0.1, 0.15) is 11.9 Å². The van der Waals surface area contributed by atoms with Crippen LogP contribution in [-0.2, 0) is 0 Å². The van der Waals surface area contributed by atoms with E-state index < -0.39 is 0 Å². The second-order valence-corrected chi connectivity index (χ2v) is 5.32. The topological polar surface area (TPSA) is 39.9 Å². The zero-order valence-electron chi connectivity index (χ0n) is 11.3. The predicted octanol–water partition coefficient (Wildman–Crippen LogP) is 3.28. The smallest absolute Gasteiger partial charge is 0.146 e. The Morgan fingerprint density at radius 1 is 1.33 bits per heavy atom. The van der Waals surface area contributed by atoms with Gasteiger partial charge in [-0.25, -0.2) is 4.98 Å². The third-order valence-corrected chi connectivity index (χ3v) is 3.75. The first-order valence-corrected chi connectivity index (χ1v) is 6.79. The molecule has 0 N–H and O–H groups in total. The quantitative estimate of drug-likeness (QED) is 0.818. The summed E-state index contributed by atoms with van der Waals surface area (Å²) in [7, 11) is 2.05. The van der Waals surface area contributed by atoms with Gasteiger partial charge in [-0.05, 0) is 37.8 Å². The van der Waals surface area contributed by atoms with Crippen molar-refractivity contribution in [1.29, 1.82) is 5.26 Å². The standard InChI is InChI=1S/C15H21N3/c1-12-8-9-14(10-16)15(17-12)18(2)11-13-6-4-3-5-7-13/h8-9,13H,3-7,11H2,1-2H3. The summed E-state index contributed by atoms with van der Waals surface area (Å²) in [6.45, 7) is 2.99. The first-order valence-electron chi connectivity index (χ1n) is 6.79. The third-order valence-electron chi connectivity index (χ3n) is 3.75. The minimum Gasteiger partial charge on any atom is -0.358 e. The second kappa shape index (κ2) is 5.86. The zero-order valence-corrected chi connectivity index (χ0v) is 11.3. The molecule has 1 aromatic rings. The lowest BCUT2D eigenvalue weighted by Crippen LogP contribution is -2.28. The van der Waals surface area contributed by atoms with Gasteiger partial charge in [0.2, 0.25) is 0 Å². The van der Waals surface area contributed by atoms with E-state index in [0.717, 1.165) is 24.0 Å². The van der Waals surface area contributed by atoms with Crippen molar-refractivity contribution in [2.75, 3.05) is 18.5 Å². The van der Waals surface area contributed by atoms with Crippen LogP contribution in [0, 0.1) is 24.2 Å². The van der Waals surface area contributed by atoms with Crippen LogP contribution in [0.4, 0.5) is 5.82 Å². The van der Waals surface area contributed by atoms with Gasteiger partial charge in [-0.15, -0.1) is 0 Å². The highest BCUT2D eigenvalue weighted by Gasteiger charge is 2.17. The Hall–Kier alpha value is -1.56. The molecule has 0 amide bonds. The van der Waals surface area contributed by atoms with Crippen LogP contribution in [0.1, 0.15) is 43.4 Å². The highest BCUT2D eigenvalue weighted by atomic mass is 15.2. The summed E-state index contributed by atoms with van der Waals surface area (Å²) in [5.74, 6) is 1.60. The van der Waals surface area contributed by atoms with Gasteiger partial charge in [0.15, 0.2) is 0 Å². The fourth-order valence-electron chi connectivity index (χ4n) is 2.76. The van der Waals surface area contributed by atoms with Crippen LogP contribution in [0.15, 0.2) is 12.1 Å².